The number of likely N-dealkylation sites (tertiary alicyclic amines) is 2. The van der Waals surface area contributed by atoms with Gasteiger partial charge in [0.1, 0.15) is 11.4 Å². The molecule has 2 saturated heterocycles. The van der Waals surface area contributed by atoms with Gasteiger partial charge in [-0.2, -0.15) is 5.10 Å². The summed E-state index contributed by atoms with van der Waals surface area (Å²) in [5, 5.41) is 4.49. The van der Waals surface area contributed by atoms with Gasteiger partial charge in [-0.05, 0) is 56.4 Å². The van der Waals surface area contributed by atoms with Gasteiger partial charge in [0.15, 0.2) is 5.69 Å². The van der Waals surface area contributed by atoms with E-state index >= 15 is 0 Å². The van der Waals surface area contributed by atoms with Crippen LogP contribution in [0.5, 0.6) is 5.75 Å². The third-order valence-corrected chi connectivity index (χ3v) is 5.94. The highest BCUT2D eigenvalue weighted by Gasteiger charge is 2.32. The molecule has 0 radical (unpaired) electrons. The van der Waals surface area contributed by atoms with E-state index in [0.717, 1.165) is 50.0 Å². The molecular formula is C22H28N4O3. The van der Waals surface area contributed by atoms with Gasteiger partial charge < -0.3 is 14.5 Å². The Balaban J connectivity index is 1.41. The van der Waals surface area contributed by atoms with Crippen LogP contribution in [0.4, 0.5) is 0 Å². The topological polar surface area (TPSA) is 67.7 Å². The zero-order chi connectivity index (χ0) is 20.4. The summed E-state index contributed by atoms with van der Waals surface area (Å²) in [5.41, 5.74) is 2.31. The van der Waals surface area contributed by atoms with Crippen molar-refractivity contribution >= 4 is 11.8 Å². The molecule has 0 unspecified atom stereocenters. The number of benzene rings is 1. The lowest BCUT2D eigenvalue weighted by Gasteiger charge is -2.32. The Hall–Kier alpha value is -2.83. The third-order valence-electron chi connectivity index (χ3n) is 5.94. The lowest BCUT2D eigenvalue weighted by Crippen LogP contribution is -2.43. The summed E-state index contributed by atoms with van der Waals surface area (Å²) in [6, 6.07) is 7.60. The standard InChI is InChI=1S/C22H28N4O3/c1-16-5-6-20(29-2)19(15-16)26-14-9-18(23-26)22(28)25-12-7-17(8-13-25)21(27)24-10-3-4-11-24/h5-6,9,14-15,17H,3-4,7-8,10-13H2,1-2H3. The van der Waals surface area contributed by atoms with Gasteiger partial charge in [-0.15, -0.1) is 0 Å². The SMILES string of the molecule is COc1ccc(C)cc1-n1ccc(C(=O)N2CCC(C(=O)N3CCCC3)CC2)n1. The molecule has 1 aromatic carbocycles. The fourth-order valence-corrected chi connectivity index (χ4v) is 4.24. The summed E-state index contributed by atoms with van der Waals surface area (Å²) in [6.07, 6.45) is 5.46. The Labute approximate surface area is 171 Å². The van der Waals surface area contributed by atoms with Gasteiger partial charge in [0, 0.05) is 38.3 Å². The molecule has 2 amide bonds. The van der Waals surface area contributed by atoms with E-state index in [1.54, 1.807) is 24.1 Å². The molecule has 2 aromatic rings. The van der Waals surface area contributed by atoms with Crippen LogP contribution in [-0.4, -0.2) is 64.7 Å². The number of piperidine rings is 1. The molecule has 0 spiro atoms. The monoisotopic (exact) mass is 396 g/mol. The molecule has 0 bridgehead atoms. The van der Waals surface area contributed by atoms with E-state index in [-0.39, 0.29) is 17.7 Å². The van der Waals surface area contributed by atoms with Crippen molar-refractivity contribution in [1.29, 1.82) is 0 Å². The van der Waals surface area contributed by atoms with Crippen molar-refractivity contribution in [2.45, 2.75) is 32.6 Å². The fourth-order valence-electron chi connectivity index (χ4n) is 4.24. The summed E-state index contributed by atoms with van der Waals surface area (Å²) >= 11 is 0. The lowest BCUT2D eigenvalue weighted by molar-refractivity contribution is -0.135. The maximum absolute atomic E-state index is 12.9. The second kappa shape index (κ2) is 8.27. The van der Waals surface area contributed by atoms with E-state index < -0.39 is 0 Å². The van der Waals surface area contributed by atoms with Crippen molar-refractivity contribution in [3.63, 3.8) is 0 Å². The average molecular weight is 396 g/mol. The quantitative estimate of drug-likeness (QED) is 0.797. The molecule has 0 N–H and O–H groups in total. The Kier molecular flexibility index (Phi) is 5.56. The molecule has 29 heavy (non-hydrogen) atoms. The van der Waals surface area contributed by atoms with E-state index in [1.807, 2.05) is 34.9 Å². The second-order valence-corrected chi connectivity index (χ2v) is 7.92. The van der Waals surface area contributed by atoms with E-state index in [4.69, 9.17) is 4.74 Å². The van der Waals surface area contributed by atoms with E-state index in [0.29, 0.717) is 24.5 Å². The van der Waals surface area contributed by atoms with Gasteiger partial charge in [0.2, 0.25) is 5.91 Å². The number of methoxy groups -OCH3 is 1. The highest BCUT2D eigenvalue weighted by Crippen LogP contribution is 2.25. The van der Waals surface area contributed by atoms with Crippen LogP contribution in [-0.2, 0) is 4.79 Å². The number of carbonyl (C=O) groups is 2. The molecule has 0 atom stereocenters. The Morgan fingerprint density at radius 1 is 1.03 bits per heavy atom. The first kappa shape index (κ1) is 19.5. The summed E-state index contributed by atoms with van der Waals surface area (Å²) in [6.45, 7) is 4.98. The largest absolute Gasteiger partial charge is 0.494 e. The fraction of sp³-hybridized carbons (Fsp3) is 0.500. The smallest absolute Gasteiger partial charge is 0.274 e. The van der Waals surface area contributed by atoms with Crippen LogP contribution in [0.3, 0.4) is 0 Å². The number of carbonyl (C=O) groups excluding carboxylic acids is 2. The number of aromatic nitrogens is 2. The molecule has 1 aromatic heterocycles. The zero-order valence-electron chi connectivity index (χ0n) is 17.1. The van der Waals surface area contributed by atoms with Crippen molar-refractivity contribution in [2.75, 3.05) is 33.3 Å². The molecule has 0 aliphatic carbocycles. The van der Waals surface area contributed by atoms with Crippen LogP contribution in [0.25, 0.3) is 5.69 Å². The molecule has 3 heterocycles. The van der Waals surface area contributed by atoms with Crippen LogP contribution in [0.1, 0.15) is 41.7 Å². The van der Waals surface area contributed by atoms with Gasteiger partial charge >= 0.3 is 0 Å². The minimum Gasteiger partial charge on any atom is -0.494 e. The highest BCUT2D eigenvalue weighted by molar-refractivity contribution is 5.92. The number of nitrogens with zero attached hydrogens (tertiary/aromatic N) is 4. The summed E-state index contributed by atoms with van der Waals surface area (Å²) in [5.74, 6) is 0.943. The van der Waals surface area contributed by atoms with Crippen LogP contribution in [0.2, 0.25) is 0 Å². The average Bonchev–Trinajstić information content (AvgIpc) is 3.45. The van der Waals surface area contributed by atoms with Gasteiger partial charge in [-0.3, -0.25) is 9.59 Å². The molecular weight excluding hydrogens is 368 g/mol. The first-order valence-corrected chi connectivity index (χ1v) is 10.4. The first-order valence-electron chi connectivity index (χ1n) is 10.4. The number of hydrogen-bond donors (Lipinski definition) is 0. The molecule has 4 rings (SSSR count). The normalized spacial score (nSPS) is 17.6. The molecule has 2 aliphatic heterocycles. The summed E-state index contributed by atoms with van der Waals surface area (Å²) in [4.78, 5) is 29.3. The van der Waals surface area contributed by atoms with Crippen molar-refractivity contribution < 1.29 is 14.3 Å². The second-order valence-electron chi connectivity index (χ2n) is 7.92. The van der Waals surface area contributed by atoms with E-state index in [1.165, 1.54) is 0 Å². The van der Waals surface area contributed by atoms with Crippen LogP contribution in [0.15, 0.2) is 30.5 Å². The van der Waals surface area contributed by atoms with Crippen molar-refractivity contribution in [1.82, 2.24) is 19.6 Å². The van der Waals surface area contributed by atoms with Gasteiger partial charge in [0.25, 0.3) is 5.91 Å². The first-order chi connectivity index (χ1) is 14.1. The molecule has 2 fully saturated rings. The van der Waals surface area contributed by atoms with Crippen molar-refractivity contribution in [2.24, 2.45) is 5.92 Å². The van der Waals surface area contributed by atoms with Crippen LogP contribution < -0.4 is 4.74 Å². The maximum atomic E-state index is 12.9. The number of rotatable bonds is 4. The minimum absolute atomic E-state index is 0.0475. The highest BCUT2D eigenvalue weighted by atomic mass is 16.5. The van der Waals surface area contributed by atoms with Gasteiger partial charge in [-0.1, -0.05) is 6.07 Å². The van der Waals surface area contributed by atoms with Crippen LogP contribution >= 0.6 is 0 Å². The molecule has 2 aliphatic rings. The predicted molar refractivity (Wildman–Crippen MR) is 109 cm³/mol. The molecule has 7 heteroatoms. The zero-order valence-corrected chi connectivity index (χ0v) is 17.1. The van der Waals surface area contributed by atoms with Gasteiger partial charge in [0.05, 0.1) is 7.11 Å². The predicted octanol–water partition coefficient (Wildman–Crippen LogP) is 2.66. The Morgan fingerprint density at radius 3 is 2.45 bits per heavy atom. The van der Waals surface area contributed by atoms with Crippen LogP contribution in [0, 0.1) is 12.8 Å². The number of ether oxygens (including phenoxy) is 1. The van der Waals surface area contributed by atoms with Crippen molar-refractivity contribution in [3.05, 3.63) is 41.7 Å². The Morgan fingerprint density at radius 2 is 1.76 bits per heavy atom. The third kappa shape index (κ3) is 3.99. The molecule has 7 nitrogen and oxygen atoms in total. The minimum atomic E-state index is -0.0811. The number of amides is 2. The van der Waals surface area contributed by atoms with Gasteiger partial charge in [-0.25, -0.2) is 4.68 Å². The number of hydrogen-bond acceptors (Lipinski definition) is 4. The summed E-state index contributed by atoms with van der Waals surface area (Å²) in [7, 11) is 1.62. The molecule has 0 saturated carbocycles. The number of aryl methyl sites for hydroxylation is 1. The Bertz CT molecular complexity index is 893. The lowest BCUT2D eigenvalue weighted by atomic mass is 9.95. The molecule has 154 valence electrons. The van der Waals surface area contributed by atoms with E-state index in [9.17, 15) is 9.59 Å². The maximum Gasteiger partial charge on any atom is 0.274 e. The van der Waals surface area contributed by atoms with E-state index in [2.05, 4.69) is 5.10 Å². The van der Waals surface area contributed by atoms with Crippen molar-refractivity contribution in [3.8, 4) is 11.4 Å². The summed E-state index contributed by atoms with van der Waals surface area (Å²) < 4.78 is 7.11.